The van der Waals surface area contributed by atoms with Crippen molar-refractivity contribution < 1.29 is 8.42 Å². The Morgan fingerprint density at radius 2 is 2.05 bits per heavy atom. The first kappa shape index (κ1) is 16.5. The Bertz CT molecular complexity index is 578. The molecule has 20 heavy (non-hydrogen) atoms. The molecule has 1 aromatic rings. The summed E-state index contributed by atoms with van der Waals surface area (Å²) < 4.78 is 26.3. The highest BCUT2D eigenvalue weighted by molar-refractivity contribution is 7.89. The minimum atomic E-state index is -3.59. The first-order chi connectivity index (χ1) is 9.43. The predicted octanol–water partition coefficient (Wildman–Crippen LogP) is 2.29. The molecule has 0 aliphatic heterocycles. The molecule has 0 heterocycles. The van der Waals surface area contributed by atoms with Crippen LogP contribution in [-0.4, -0.2) is 32.9 Å². The van der Waals surface area contributed by atoms with Gasteiger partial charge in [-0.05, 0) is 25.5 Å². The van der Waals surface area contributed by atoms with Crippen LogP contribution in [0.1, 0.15) is 20.3 Å². The number of benzene rings is 1. The van der Waals surface area contributed by atoms with Crippen molar-refractivity contribution in [2.75, 3.05) is 25.5 Å². The van der Waals surface area contributed by atoms with Gasteiger partial charge in [0.25, 0.3) is 0 Å². The molecule has 1 aromatic carbocycles. The van der Waals surface area contributed by atoms with E-state index in [1.165, 1.54) is 11.4 Å². The van der Waals surface area contributed by atoms with Crippen LogP contribution in [0.2, 0.25) is 0 Å². The van der Waals surface area contributed by atoms with E-state index in [2.05, 4.69) is 5.32 Å². The van der Waals surface area contributed by atoms with E-state index in [-0.39, 0.29) is 17.4 Å². The average Bonchev–Trinajstić information content (AvgIpc) is 2.45. The van der Waals surface area contributed by atoms with Crippen LogP contribution < -0.4 is 5.32 Å². The van der Waals surface area contributed by atoms with Gasteiger partial charge in [-0.25, -0.2) is 8.42 Å². The number of nitrogens with zero attached hydrogens (tertiary/aromatic N) is 2. The summed E-state index contributed by atoms with van der Waals surface area (Å²) in [5, 5.41) is 11.9. The Morgan fingerprint density at radius 1 is 1.40 bits per heavy atom. The van der Waals surface area contributed by atoms with Crippen LogP contribution in [-0.2, 0) is 10.0 Å². The fourth-order valence-corrected chi connectivity index (χ4v) is 3.21. The molecule has 5 nitrogen and oxygen atoms in total. The summed E-state index contributed by atoms with van der Waals surface area (Å²) >= 11 is 0. The summed E-state index contributed by atoms with van der Waals surface area (Å²) in [6.45, 7) is 4.61. The average molecular weight is 295 g/mol. The molecule has 0 spiro atoms. The van der Waals surface area contributed by atoms with Crippen LogP contribution in [0.4, 0.5) is 5.69 Å². The SMILES string of the molecule is CCCNc1ccccc1S(=O)(=O)N(C)CC(C)C#N. The molecule has 110 valence electrons. The van der Waals surface area contributed by atoms with Crippen molar-refractivity contribution in [3.8, 4) is 6.07 Å². The summed E-state index contributed by atoms with van der Waals surface area (Å²) in [4.78, 5) is 0.251. The smallest absolute Gasteiger partial charge is 0.244 e. The quantitative estimate of drug-likeness (QED) is 0.837. The first-order valence-corrected chi connectivity index (χ1v) is 8.06. The molecule has 0 saturated heterocycles. The van der Waals surface area contributed by atoms with Crippen molar-refractivity contribution in [3.05, 3.63) is 24.3 Å². The van der Waals surface area contributed by atoms with E-state index in [1.54, 1.807) is 31.2 Å². The van der Waals surface area contributed by atoms with Crippen LogP contribution in [0.15, 0.2) is 29.2 Å². The Morgan fingerprint density at radius 3 is 2.65 bits per heavy atom. The first-order valence-electron chi connectivity index (χ1n) is 6.62. The molecule has 6 heteroatoms. The number of sulfonamides is 1. The van der Waals surface area contributed by atoms with Crippen LogP contribution >= 0.6 is 0 Å². The number of hydrogen-bond acceptors (Lipinski definition) is 4. The van der Waals surface area contributed by atoms with Crippen LogP contribution in [0.3, 0.4) is 0 Å². The van der Waals surface area contributed by atoms with Gasteiger partial charge in [-0.1, -0.05) is 19.1 Å². The van der Waals surface area contributed by atoms with Crippen LogP contribution in [0, 0.1) is 17.2 Å². The maximum atomic E-state index is 12.5. The van der Waals surface area contributed by atoms with Crippen LogP contribution in [0.5, 0.6) is 0 Å². The number of nitrogens with one attached hydrogen (secondary N) is 1. The van der Waals surface area contributed by atoms with Gasteiger partial charge in [0.05, 0.1) is 17.7 Å². The molecule has 0 radical (unpaired) electrons. The predicted molar refractivity (Wildman–Crippen MR) is 79.8 cm³/mol. The Kier molecular flexibility index (Phi) is 5.99. The zero-order valence-electron chi connectivity index (χ0n) is 12.1. The number of rotatable bonds is 7. The highest BCUT2D eigenvalue weighted by Gasteiger charge is 2.24. The van der Waals surface area contributed by atoms with Crippen molar-refractivity contribution in [1.82, 2.24) is 4.31 Å². The highest BCUT2D eigenvalue weighted by atomic mass is 32.2. The van der Waals surface area contributed by atoms with E-state index >= 15 is 0 Å². The summed E-state index contributed by atoms with van der Waals surface area (Å²) in [6, 6.07) is 8.89. The van der Waals surface area contributed by atoms with E-state index in [1.807, 2.05) is 13.0 Å². The van der Waals surface area contributed by atoms with Gasteiger partial charge >= 0.3 is 0 Å². The third kappa shape index (κ3) is 3.95. The molecule has 1 atom stereocenters. The zero-order chi connectivity index (χ0) is 15.2. The lowest BCUT2D eigenvalue weighted by atomic mass is 10.2. The summed E-state index contributed by atoms with van der Waals surface area (Å²) in [7, 11) is -2.09. The van der Waals surface area contributed by atoms with Gasteiger partial charge in [0.1, 0.15) is 4.90 Å². The van der Waals surface area contributed by atoms with E-state index in [4.69, 9.17) is 5.26 Å². The molecular formula is C14H21N3O2S. The molecule has 0 aromatic heterocycles. The summed E-state index contributed by atoms with van der Waals surface area (Å²) in [6.07, 6.45) is 0.912. The maximum Gasteiger partial charge on any atom is 0.244 e. The number of para-hydroxylation sites is 1. The monoisotopic (exact) mass is 295 g/mol. The van der Waals surface area contributed by atoms with Crippen molar-refractivity contribution >= 4 is 15.7 Å². The number of hydrogen-bond donors (Lipinski definition) is 1. The van der Waals surface area contributed by atoms with Crippen molar-refractivity contribution in [2.45, 2.75) is 25.2 Å². The van der Waals surface area contributed by atoms with Gasteiger partial charge in [0, 0.05) is 20.1 Å². The van der Waals surface area contributed by atoms with E-state index < -0.39 is 10.0 Å². The second kappa shape index (κ2) is 7.27. The van der Waals surface area contributed by atoms with E-state index in [9.17, 15) is 8.42 Å². The van der Waals surface area contributed by atoms with Crippen LogP contribution in [0.25, 0.3) is 0 Å². The Hall–Kier alpha value is -1.58. The van der Waals surface area contributed by atoms with E-state index in [0.717, 1.165) is 6.42 Å². The molecule has 0 amide bonds. The fraction of sp³-hybridized carbons (Fsp3) is 0.500. The Labute approximate surface area is 121 Å². The number of anilines is 1. The molecule has 1 rings (SSSR count). The maximum absolute atomic E-state index is 12.5. The molecular weight excluding hydrogens is 274 g/mol. The minimum absolute atomic E-state index is 0.181. The lowest BCUT2D eigenvalue weighted by Crippen LogP contribution is -2.31. The third-order valence-electron chi connectivity index (χ3n) is 2.89. The van der Waals surface area contributed by atoms with Gasteiger partial charge < -0.3 is 5.32 Å². The second-order valence-electron chi connectivity index (χ2n) is 4.74. The normalized spacial score (nSPS) is 12.9. The second-order valence-corrected chi connectivity index (χ2v) is 6.75. The number of nitriles is 1. The molecule has 1 unspecified atom stereocenters. The summed E-state index contributed by atoms with van der Waals surface area (Å²) in [5.74, 6) is -0.342. The van der Waals surface area contributed by atoms with Gasteiger partial charge in [0.15, 0.2) is 0 Å². The fourth-order valence-electron chi connectivity index (χ4n) is 1.79. The van der Waals surface area contributed by atoms with Gasteiger partial charge in [-0.3, -0.25) is 0 Å². The molecule has 0 bridgehead atoms. The van der Waals surface area contributed by atoms with Crippen molar-refractivity contribution in [1.29, 1.82) is 5.26 Å². The van der Waals surface area contributed by atoms with Gasteiger partial charge in [0.2, 0.25) is 10.0 Å². The standard InChI is InChI=1S/C14H21N3O2S/c1-4-9-16-13-7-5-6-8-14(13)20(18,19)17(3)11-12(2)10-15/h5-8,12,16H,4,9,11H2,1-3H3. The van der Waals surface area contributed by atoms with Crippen molar-refractivity contribution in [2.24, 2.45) is 5.92 Å². The van der Waals surface area contributed by atoms with Gasteiger partial charge in [-0.2, -0.15) is 9.57 Å². The van der Waals surface area contributed by atoms with Gasteiger partial charge in [-0.15, -0.1) is 0 Å². The lowest BCUT2D eigenvalue weighted by Gasteiger charge is -2.20. The Balaban J connectivity index is 3.06. The highest BCUT2D eigenvalue weighted by Crippen LogP contribution is 2.24. The lowest BCUT2D eigenvalue weighted by molar-refractivity contribution is 0.439. The molecule has 0 aliphatic rings. The zero-order valence-corrected chi connectivity index (χ0v) is 12.9. The molecule has 0 aliphatic carbocycles. The molecule has 0 fully saturated rings. The summed E-state index contributed by atoms with van der Waals surface area (Å²) in [5.41, 5.74) is 0.603. The molecule has 1 N–H and O–H groups in total. The minimum Gasteiger partial charge on any atom is -0.384 e. The molecule has 0 saturated carbocycles. The topological polar surface area (TPSA) is 73.2 Å². The van der Waals surface area contributed by atoms with E-state index in [0.29, 0.717) is 12.2 Å². The largest absolute Gasteiger partial charge is 0.384 e. The third-order valence-corrected chi connectivity index (χ3v) is 4.77. The van der Waals surface area contributed by atoms with Crippen molar-refractivity contribution in [3.63, 3.8) is 0 Å².